The molecule has 0 spiro atoms. The van der Waals surface area contributed by atoms with E-state index in [-0.39, 0.29) is 0 Å². The molecule has 5 saturated heterocycles. The van der Waals surface area contributed by atoms with Gasteiger partial charge in [-0.05, 0) is 153 Å². The molecule has 0 unspecified atom stereocenters. The van der Waals surface area contributed by atoms with Gasteiger partial charge in [0.05, 0.1) is 0 Å². The highest BCUT2D eigenvalue weighted by molar-refractivity contribution is 4.86. The molecule has 10 heteroatoms. The number of rotatable bonds is 6. The standard InChI is InChI=1S/2C10H22N2.2C9H20N2.C8H18N2/c2*1-8(2)12-6-9(3)11(5)10(4)7-12;1-8(2)11-6-5-9(7-11)10(3)4;1-8(2)11-6-5-10(4)9(3)7-11;1-8(2)10-6-4-9(3)5-7-10/h2*8-10H,6-7H2,1-5H3;2*8-9H,5-7H2,1-4H3;8H,4-7H2,1-3H3/t2*9-,10+;2*9-;/m..10./s1. The Morgan fingerprint density at radius 1 is 0.375 bits per heavy atom. The summed E-state index contributed by atoms with van der Waals surface area (Å²) in [6.45, 7) is 50.4. The minimum atomic E-state index is 0.698. The molecule has 5 aliphatic rings. The van der Waals surface area contributed by atoms with Gasteiger partial charge in [0.1, 0.15) is 0 Å². The predicted octanol–water partition coefficient (Wildman–Crippen LogP) is 5.54. The number of hydrogen-bond donors (Lipinski definition) is 0. The van der Waals surface area contributed by atoms with Crippen molar-refractivity contribution in [2.75, 3.05) is 127 Å². The summed E-state index contributed by atoms with van der Waals surface area (Å²) in [7, 11) is 13.2. The third-order valence-corrected chi connectivity index (χ3v) is 13.9. The average Bonchev–Trinajstić information content (AvgIpc) is 3.63. The van der Waals surface area contributed by atoms with Crippen molar-refractivity contribution < 1.29 is 0 Å². The summed E-state index contributed by atoms with van der Waals surface area (Å²) in [5, 5.41) is 0. The van der Waals surface area contributed by atoms with Gasteiger partial charge in [0.25, 0.3) is 0 Å². The van der Waals surface area contributed by atoms with E-state index in [9.17, 15) is 0 Å². The molecule has 0 aliphatic carbocycles. The van der Waals surface area contributed by atoms with Crippen molar-refractivity contribution in [3.05, 3.63) is 0 Å². The summed E-state index contributed by atoms with van der Waals surface area (Å²) < 4.78 is 0. The minimum Gasteiger partial charge on any atom is -0.305 e. The number of likely N-dealkylation sites (tertiary alicyclic amines) is 1. The summed E-state index contributed by atoms with van der Waals surface area (Å²) >= 11 is 0. The molecule has 5 aliphatic heterocycles. The molecule has 0 aromatic rings. The van der Waals surface area contributed by atoms with Crippen LogP contribution in [0.2, 0.25) is 0 Å². The van der Waals surface area contributed by atoms with Crippen LogP contribution < -0.4 is 0 Å². The summed E-state index contributed by atoms with van der Waals surface area (Å²) in [4.78, 5) is 24.8. The normalized spacial score (nSPS) is 30.3. The van der Waals surface area contributed by atoms with Crippen molar-refractivity contribution in [1.29, 1.82) is 0 Å². The highest BCUT2D eigenvalue weighted by Gasteiger charge is 2.29. The smallest absolute Gasteiger partial charge is 0.0229 e. The SMILES string of the molecule is CC(C)N1CCN(C)CC1.CC(C)N1CCN(C)[C@@H](C)C1.CC(C)N1CC[C@@H](N(C)C)C1.CC(C)N1C[C@@H](C)N(C)[C@@H](C)C1.CC(C)N1C[C@@H](C)N(C)[C@@H](C)C1. The van der Waals surface area contributed by atoms with Gasteiger partial charge in [-0.2, -0.15) is 0 Å². The van der Waals surface area contributed by atoms with Gasteiger partial charge in [0.2, 0.25) is 0 Å². The second-order valence-corrected chi connectivity index (χ2v) is 20.2. The van der Waals surface area contributed by atoms with E-state index in [0.29, 0.717) is 42.3 Å². The molecular weight excluding hydrogens is 693 g/mol. The van der Waals surface area contributed by atoms with Crippen LogP contribution in [0.15, 0.2) is 0 Å². The number of likely N-dealkylation sites (N-methyl/N-ethyl adjacent to an activating group) is 5. The van der Waals surface area contributed by atoms with Crippen molar-refractivity contribution in [1.82, 2.24) is 49.0 Å². The Morgan fingerprint density at radius 3 is 0.982 bits per heavy atom. The zero-order valence-corrected chi connectivity index (χ0v) is 41.7. The molecule has 336 valence electrons. The number of nitrogens with zero attached hydrogens (tertiary/aromatic N) is 10. The molecule has 6 atom stereocenters. The van der Waals surface area contributed by atoms with E-state index in [0.717, 1.165) is 24.2 Å². The van der Waals surface area contributed by atoms with Gasteiger partial charge in [0.15, 0.2) is 0 Å². The van der Waals surface area contributed by atoms with E-state index in [2.05, 4.69) is 195 Å². The second kappa shape index (κ2) is 26.7. The summed E-state index contributed by atoms with van der Waals surface area (Å²) in [6.07, 6.45) is 1.34. The van der Waals surface area contributed by atoms with Crippen molar-refractivity contribution in [3.8, 4) is 0 Å². The van der Waals surface area contributed by atoms with Crippen LogP contribution in [0, 0.1) is 0 Å². The average molecular weight is 795 g/mol. The third-order valence-electron chi connectivity index (χ3n) is 13.9. The van der Waals surface area contributed by atoms with Crippen LogP contribution in [0.4, 0.5) is 0 Å². The maximum absolute atomic E-state index is 2.56. The van der Waals surface area contributed by atoms with E-state index in [1.807, 2.05) is 0 Å². The molecule has 0 amide bonds. The fourth-order valence-electron chi connectivity index (χ4n) is 8.28. The molecule has 0 bridgehead atoms. The third kappa shape index (κ3) is 19.3. The first-order chi connectivity index (χ1) is 26.0. The van der Waals surface area contributed by atoms with Crippen LogP contribution in [0.5, 0.6) is 0 Å². The summed E-state index contributed by atoms with van der Waals surface area (Å²) in [6, 6.07) is 7.90. The maximum Gasteiger partial charge on any atom is 0.0229 e. The first-order valence-electron chi connectivity index (χ1n) is 23.2. The molecule has 5 rings (SSSR count). The molecule has 0 aromatic carbocycles. The number of hydrogen-bond acceptors (Lipinski definition) is 10. The first-order valence-corrected chi connectivity index (χ1v) is 23.2. The minimum absolute atomic E-state index is 0.698. The van der Waals surface area contributed by atoms with Crippen molar-refractivity contribution in [2.45, 2.75) is 177 Å². The molecule has 0 N–H and O–H groups in total. The largest absolute Gasteiger partial charge is 0.305 e. The summed E-state index contributed by atoms with van der Waals surface area (Å²) in [5.74, 6) is 0. The van der Waals surface area contributed by atoms with E-state index in [1.165, 1.54) is 91.5 Å². The Hall–Kier alpha value is -0.400. The zero-order chi connectivity index (χ0) is 43.0. The fraction of sp³-hybridized carbons (Fsp3) is 1.00. The lowest BCUT2D eigenvalue weighted by molar-refractivity contribution is 0.0424. The van der Waals surface area contributed by atoms with Gasteiger partial charge < -0.3 is 14.7 Å². The van der Waals surface area contributed by atoms with Gasteiger partial charge in [-0.25, -0.2) is 0 Å². The van der Waals surface area contributed by atoms with E-state index in [4.69, 9.17) is 0 Å². The quantitative estimate of drug-likeness (QED) is 0.342. The van der Waals surface area contributed by atoms with Crippen molar-refractivity contribution >= 4 is 0 Å². The van der Waals surface area contributed by atoms with Crippen LogP contribution in [-0.4, -0.2) is 243 Å². The van der Waals surface area contributed by atoms with Gasteiger partial charge in [0, 0.05) is 152 Å². The van der Waals surface area contributed by atoms with Gasteiger partial charge in [-0.15, -0.1) is 0 Å². The van der Waals surface area contributed by atoms with E-state index in [1.54, 1.807) is 0 Å². The van der Waals surface area contributed by atoms with Crippen molar-refractivity contribution in [3.63, 3.8) is 0 Å². The zero-order valence-electron chi connectivity index (χ0n) is 41.7. The topological polar surface area (TPSA) is 32.4 Å². The highest BCUT2D eigenvalue weighted by atomic mass is 15.3. The van der Waals surface area contributed by atoms with Crippen LogP contribution in [0.3, 0.4) is 0 Å². The van der Waals surface area contributed by atoms with Gasteiger partial charge >= 0.3 is 0 Å². The monoisotopic (exact) mass is 795 g/mol. The predicted molar refractivity (Wildman–Crippen MR) is 249 cm³/mol. The van der Waals surface area contributed by atoms with Crippen LogP contribution in [0.25, 0.3) is 0 Å². The first kappa shape index (κ1) is 53.6. The molecule has 10 nitrogen and oxygen atoms in total. The molecule has 5 fully saturated rings. The van der Waals surface area contributed by atoms with Crippen LogP contribution >= 0.6 is 0 Å². The van der Waals surface area contributed by atoms with Gasteiger partial charge in [-0.1, -0.05) is 0 Å². The fourth-order valence-corrected chi connectivity index (χ4v) is 8.28. The lowest BCUT2D eigenvalue weighted by Crippen LogP contribution is -2.56. The molecule has 0 radical (unpaired) electrons. The van der Waals surface area contributed by atoms with Crippen LogP contribution in [-0.2, 0) is 0 Å². The molecule has 0 saturated carbocycles. The Labute approximate surface area is 352 Å². The Balaban J connectivity index is 0.000000350. The van der Waals surface area contributed by atoms with E-state index >= 15 is 0 Å². The molecular formula is C46H102N10. The summed E-state index contributed by atoms with van der Waals surface area (Å²) in [5.41, 5.74) is 0. The number of piperazine rings is 4. The maximum atomic E-state index is 2.56. The molecule has 56 heavy (non-hydrogen) atoms. The van der Waals surface area contributed by atoms with E-state index < -0.39 is 0 Å². The Morgan fingerprint density at radius 2 is 0.696 bits per heavy atom. The Bertz CT molecular complexity index is 911. The molecule has 0 aromatic heterocycles. The Kier molecular flexibility index (Phi) is 25.6. The lowest BCUT2D eigenvalue weighted by atomic mass is 10.1. The van der Waals surface area contributed by atoms with Crippen molar-refractivity contribution in [2.24, 2.45) is 0 Å². The molecule has 5 heterocycles. The van der Waals surface area contributed by atoms with Crippen LogP contribution in [0.1, 0.15) is 110 Å². The highest BCUT2D eigenvalue weighted by Crippen LogP contribution is 2.17. The van der Waals surface area contributed by atoms with Gasteiger partial charge in [-0.3, -0.25) is 34.3 Å². The lowest BCUT2D eigenvalue weighted by Gasteiger charge is -2.44. The second-order valence-electron chi connectivity index (χ2n) is 20.2.